The van der Waals surface area contributed by atoms with E-state index in [1.54, 1.807) is 0 Å². The number of aliphatic hydroxyl groups excluding tert-OH is 1. The second kappa shape index (κ2) is 4.58. The monoisotopic (exact) mass is 198 g/mol. The Morgan fingerprint density at radius 3 is 2.64 bits per heavy atom. The van der Waals surface area contributed by atoms with Gasteiger partial charge in [-0.25, -0.2) is 8.78 Å². The van der Waals surface area contributed by atoms with Gasteiger partial charge in [-0.3, -0.25) is 0 Å². The summed E-state index contributed by atoms with van der Waals surface area (Å²) >= 11 is 0. The lowest BCUT2D eigenvalue weighted by Gasteiger charge is -1.98. The van der Waals surface area contributed by atoms with Crippen molar-refractivity contribution in [3.63, 3.8) is 0 Å². The van der Waals surface area contributed by atoms with E-state index in [1.807, 2.05) is 0 Å². The average molecular weight is 198 g/mol. The molecule has 2 N–H and O–H groups in total. The molecule has 0 spiro atoms. The van der Waals surface area contributed by atoms with Crippen molar-refractivity contribution in [2.75, 3.05) is 6.61 Å². The normalized spacial score (nSPS) is 9.36. The van der Waals surface area contributed by atoms with Crippen LogP contribution in [-0.4, -0.2) is 16.8 Å². The number of aliphatic hydroxyl groups is 1. The summed E-state index contributed by atoms with van der Waals surface area (Å²) in [5, 5.41) is 17.5. The molecule has 14 heavy (non-hydrogen) atoms. The van der Waals surface area contributed by atoms with E-state index in [-0.39, 0.29) is 18.6 Å². The Hall–Kier alpha value is -1.60. The molecule has 0 heterocycles. The molecule has 0 atom stereocenters. The summed E-state index contributed by atoms with van der Waals surface area (Å²) < 4.78 is 25.4. The van der Waals surface area contributed by atoms with E-state index >= 15 is 0 Å². The van der Waals surface area contributed by atoms with Crippen molar-refractivity contribution in [3.05, 3.63) is 29.3 Å². The van der Waals surface area contributed by atoms with Crippen LogP contribution in [0.4, 0.5) is 8.78 Å². The molecular weight excluding hydrogens is 190 g/mol. The molecule has 0 amide bonds. The van der Waals surface area contributed by atoms with Gasteiger partial charge in [0, 0.05) is 12.5 Å². The SMILES string of the molecule is OCCC#Cc1cc(F)cc(F)c1O. The zero-order valence-electron chi connectivity index (χ0n) is 7.22. The molecule has 0 saturated carbocycles. The van der Waals surface area contributed by atoms with E-state index in [1.165, 1.54) is 0 Å². The van der Waals surface area contributed by atoms with E-state index in [0.717, 1.165) is 6.07 Å². The first-order valence-corrected chi connectivity index (χ1v) is 3.93. The second-order valence-corrected chi connectivity index (χ2v) is 2.56. The Kier molecular flexibility index (Phi) is 3.43. The predicted octanol–water partition coefficient (Wildman–Crippen LogP) is 1.40. The lowest BCUT2D eigenvalue weighted by molar-refractivity contribution is 0.305. The van der Waals surface area contributed by atoms with Crippen molar-refractivity contribution >= 4 is 0 Å². The van der Waals surface area contributed by atoms with Crippen LogP contribution in [0.1, 0.15) is 12.0 Å². The molecule has 0 aliphatic rings. The van der Waals surface area contributed by atoms with Gasteiger partial charge in [-0.05, 0) is 6.07 Å². The molecule has 1 aromatic carbocycles. The maximum absolute atomic E-state index is 12.7. The van der Waals surface area contributed by atoms with Crippen LogP contribution >= 0.6 is 0 Å². The molecule has 74 valence electrons. The molecule has 0 saturated heterocycles. The predicted molar refractivity (Wildman–Crippen MR) is 46.6 cm³/mol. The van der Waals surface area contributed by atoms with Crippen LogP contribution in [0.5, 0.6) is 5.75 Å². The number of aromatic hydroxyl groups is 1. The maximum atomic E-state index is 12.7. The smallest absolute Gasteiger partial charge is 0.169 e. The van der Waals surface area contributed by atoms with E-state index in [2.05, 4.69) is 11.8 Å². The molecule has 0 aliphatic carbocycles. The van der Waals surface area contributed by atoms with Crippen molar-refractivity contribution < 1.29 is 19.0 Å². The topological polar surface area (TPSA) is 40.5 Å². The Labute approximate surface area is 79.8 Å². The highest BCUT2D eigenvalue weighted by molar-refractivity contribution is 5.46. The number of benzene rings is 1. The van der Waals surface area contributed by atoms with Crippen LogP contribution in [0.2, 0.25) is 0 Å². The highest BCUT2D eigenvalue weighted by Crippen LogP contribution is 2.21. The molecular formula is C10H8F2O2. The fraction of sp³-hybridized carbons (Fsp3) is 0.200. The van der Waals surface area contributed by atoms with Gasteiger partial charge in [-0.15, -0.1) is 0 Å². The van der Waals surface area contributed by atoms with E-state index < -0.39 is 17.4 Å². The average Bonchev–Trinajstić information content (AvgIpc) is 2.13. The molecule has 1 aromatic rings. The van der Waals surface area contributed by atoms with Crippen LogP contribution < -0.4 is 0 Å². The molecule has 0 unspecified atom stereocenters. The fourth-order valence-electron chi connectivity index (χ4n) is 0.875. The van der Waals surface area contributed by atoms with Gasteiger partial charge >= 0.3 is 0 Å². The van der Waals surface area contributed by atoms with Gasteiger partial charge in [0.1, 0.15) is 5.82 Å². The Morgan fingerprint density at radius 1 is 1.29 bits per heavy atom. The maximum Gasteiger partial charge on any atom is 0.169 e. The molecule has 0 aliphatic heterocycles. The van der Waals surface area contributed by atoms with Gasteiger partial charge in [0.2, 0.25) is 0 Å². The largest absolute Gasteiger partial charge is 0.504 e. The number of halogens is 2. The van der Waals surface area contributed by atoms with Crippen molar-refractivity contribution in [2.24, 2.45) is 0 Å². The highest BCUT2D eigenvalue weighted by Gasteiger charge is 2.07. The summed E-state index contributed by atoms with van der Waals surface area (Å²) in [5.41, 5.74) is -0.115. The third kappa shape index (κ3) is 2.44. The second-order valence-electron chi connectivity index (χ2n) is 2.56. The van der Waals surface area contributed by atoms with Gasteiger partial charge in [-0.1, -0.05) is 11.8 Å². The van der Waals surface area contributed by atoms with Gasteiger partial charge in [-0.2, -0.15) is 0 Å². The van der Waals surface area contributed by atoms with Crippen molar-refractivity contribution in [1.82, 2.24) is 0 Å². The number of rotatable bonds is 1. The molecule has 4 heteroatoms. The summed E-state index contributed by atoms with van der Waals surface area (Å²) in [6.07, 6.45) is 0.192. The van der Waals surface area contributed by atoms with Crippen LogP contribution in [0.25, 0.3) is 0 Å². The molecule has 0 bridgehead atoms. The summed E-state index contributed by atoms with van der Waals surface area (Å²) in [4.78, 5) is 0. The lowest BCUT2D eigenvalue weighted by Crippen LogP contribution is -1.86. The standard InChI is InChI=1S/C10H8F2O2/c11-8-5-7(3-1-2-4-13)10(14)9(12)6-8/h5-6,13-14H,2,4H2. The fourth-order valence-corrected chi connectivity index (χ4v) is 0.875. The van der Waals surface area contributed by atoms with E-state index in [9.17, 15) is 8.78 Å². The zero-order valence-corrected chi connectivity index (χ0v) is 7.22. The number of hydrogen-bond donors (Lipinski definition) is 2. The number of phenolic OH excluding ortho intramolecular Hbond substituents is 1. The third-order valence-corrected chi connectivity index (χ3v) is 1.49. The Bertz CT molecular complexity index is 391. The third-order valence-electron chi connectivity index (χ3n) is 1.49. The van der Waals surface area contributed by atoms with E-state index in [4.69, 9.17) is 10.2 Å². The quantitative estimate of drug-likeness (QED) is 0.670. The van der Waals surface area contributed by atoms with Crippen molar-refractivity contribution in [2.45, 2.75) is 6.42 Å². The van der Waals surface area contributed by atoms with Crippen molar-refractivity contribution in [1.29, 1.82) is 0 Å². The molecule has 0 radical (unpaired) electrons. The minimum atomic E-state index is -1.04. The molecule has 0 aromatic heterocycles. The highest BCUT2D eigenvalue weighted by atomic mass is 19.1. The van der Waals surface area contributed by atoms with Crippen LogP contribution in [0, 0.1) is 23.5 Å². The van der Waals surface area contributed by atoms with Crippen LogP contribution in [0.15, 0.2) is 12.1 Å². The van der Waals surface area contributed by atoms with Gasteiger partial charge in [0.05, 0.1) is 12.2 Å². The Balaban J connectivity index is 3.04. The summed E-state index contributed by atoms with van der Waals surface area (Å²) in [7, 11) is 0. The minimum Gasteiger partial charge on any atom is -0.504 e. The number of phenols is 1. The summed E-state index contributed by atoms with van der Waals surface area (Å²) in [6.45, 7) is -0.133. The minimum absolute atomic E-state index is 0.115. The van der Waals surface area contributed by atoms with Gasteiger partial charge in [0.15, 0.2) is 11.6 Å². The first kappa shape index (κ1) is 10.5. The first-order valence-electron chi connectivity index (χ1n) is 3.93. The van der Waals surface area contributed by atoms with Crippen LogP contribution in [0.3, 0.4) is 0 Å². The van der Waals surface area contributed by atoms with Gasteiger partial charge < -0.3 is 10.2 Å². The lowest BCUT2D eigenvalue weighted by atomic mass is 10.2. The van der Waals surface area contributed by atoms with Crippen LogP contribution in [-0.2, 0) is 0 Å². The van der Waals surface area contributed by atoms with E-state index in [0.29, 0.717) is 6.07 Å². The van der Waals surface area contributed by atoms with Crippen molar-refractivity contribution in [3.8, 4) is 17.6 Å². The first-order chi connectivity index (χ1) is 6.65. The van der Waals surface area contributed by atoms with Gasteiger partial charge in [0.25, 0.3) is 0 Å². The molecule has 1 rings (SSSR count). The molecule has 0 fully saturated rings. The summed E-state index contributed by atoms with van der Waals surface area (Å²) in [5.74, 6) is 2.30. The number of hydrogen-bond acceptors (Lipinski definition) is 2. The summed E-state index contributed by atoms with van der Waals surface area (Å²) in [6, 6.07) is 1.51. The zero-order chi connectivity index (χ0) is 10.6. The Morgan fingerprint density at radius 2 is 2.00 bits per heavy atom. The molecule has 2 nitrogen and oxygen atoms in total.